The lowest BCUT2D eigenvalue weighted by atomic mass is 9.70. The molecule has 0 spiro atoms. The summed E-state index contributed by atoms with van der Waals surface area (Å²) in [6.07, 6.45) is -1.57. The van der Waals surface area contributed by atoms with E-state index in [2.05, 4.69) is 41.5 Å². The Morgan fingerprint density at radius 2 is 1.62 bits per heavy atom. The van der Waals surface area contributed by atoms with Crippen LogP contribution in [0.3, 0.4) is 0 Å². The fourth-order valence-electron chi connectivity index (χ4n) is 6.06. The first kappa shape index (κ1) is 27.8. The summed E-state index contributed by atoms with van der Waals surface area (Å²) in [4.78, 5) is 4.97. The van der Waals surface area contributed by atoms with E-state index < -0.39 is 24.7 Å². The van der Waals surface area contributed by atoms with Crippen molar-refractivity contribution in [2.45, 2.75) is 91.3 Å². The molecule has 210 valence electrons. The first-order valence-corrected chi connectivity index (χ1v) is 13.5. The van der Waals surface area contributed by atoms with Gasteiger partial charge >= 0.3 is 13.5 Å². The molecule has 0 bridgehead atoms. The molecule has 1 aliphatic heterocycles. The number of alkyl halides is 3. The van der Waals surface area contributed by atoms with Gasteiger partial charge < -0.3 is 23.9 Å². The van der Waals surface area contributed by atoms with E-state index in [0.29, 0.717) is 17.6 Å². The Kier molecular flexibility index (Phi) is 6.74. The van der Waals surface area contributed by atoms with E-state index in [9.17, 15) is 13.2 Å². The van der Waals surface area contributed by atoms with Gasteiger partial charge in [0.05, 0.1) is 22.2 Å². The Morgan fingerprint density at radius 1 is 0.974 bits per heavy atom. The zero-order chi connectivity index (χ0) is 28.4. The minimum atomic E-state index is -4.73. The molecular formula is C29H37BF3N3O3. The molecule has 3 aromatic rings. The largest absolute Gasteiger partial charge is 0.573 e. The molecule has 1 aromatic heterocycles. The van der Waals surface area contributed by atoms with Crippen LogP contribution in [0, 0.1) is 11.3 Å². The Balaban J connectivity index is 1.52. The summed E-state index contributed by atoms with van der Waals surface area (Å²) in [5.41, 5.74) is 2.57. The minimum Gasteiger partial charge on any atom is -0.406 e. The predicted molar refractivity (Wildman–Crippen MR) is 148 cm³/mol. The molecule has 1 saturated carbocycles. The fraction of sp³-hybridized carbons (Fsp3) is 0.552. The van der Waals surface area contributed by atoms with Crippen molar-refractivity contribution < 1.29 is 27.2 Å². The van der Waals surface area contributed by atoms with E-state index in [-0.39, 0.29) is 17.2 Å². The molecule has 5 rings (SSSR count). The van der Waals surface area contributed by atoms with Gasteiger partial charge in [-0.2, -0.15) is 0 Å². The number of ether oxygens (including phenoxy) is 1. The smallest absolute Gasteiger partial charge is 0.406 e. The van der Waals surface area contributed by atoms with Gasteiger partial charge in [-0.15, -0.1) is 13.2 Å². The Hall–Kier alpha value is -2.72. The van der Waals surface area contributed by atoms with Crippen LogP contribution in [0.15, 0.2) is 42.5 Å². The molecule has 2 aromatic carbocycles. The van der Waals surface area contributed by atoms with Gasteiger partial charge in [-0.25, -0.2) is 4.98 Å². The second-order valence-electron chi connectivity index (χ2n) is 12.9. The van der Waals surface area contributed by atoms with Crippen molar-refractivity contribution in [3.8, 4) is 5.75 Å². The van der Waals surface area contributed by atoms with Crippen molar-refractivity contribution in [1.82, 2.24) is 9.55 Å². The van der Waals surface area contributed by atoms with Gasteiger partial charge in [0, 0.05) is 11.7 Å². The topological polar surface area (TPSA) is 57.5 Å². The number of hydrogen-bond donors (Lipinski definition) is 1. The van der Waals surface area contributed by atoms with Crippen molar-refractivity contribution in [1.29, 1.82) is 0 Å². The maximum Gasteiger partial charge on any atom is 0.573 e. The van der Waals surface area contributed by atoms with Crippen LogP contribution in [0.1, 0.15) is 73.8 Å². The van der Waals surface area contributed by atoms with Crippen molar-refractivity contribution in [3.63, 3.8) is 0 Å². The standard InChI is InChI=1S/C29H37BF3N3O3/c1-18-14-21(17-26(2,3)16-18)36-24-13-8-19(30-38-27(4,5)28(6,7)39-30)15-23(24)35-25(36)34-20-9-11-22(12-10-20)37-29(31,32)33/h8-13,15,18,21H,14,16-17H2,1-7H3,(H,34,35). The van der Waals surface area contributed by atoms with Gasteiger partial charge in [-0.05, 0) is 100 Å². The molecule has 2 unspecified atom stereocenters. The van der Waals surface area contributed by atoms with Crippen molar-refractivity contribution in [2.24, 2.45) is 11.3 Å². The Bertz CT molecular complexity index is 1340. The average molecular weight is 543 g/mol. The van der Waals surface area contributed by atoms with Crippen LogP contribution in [0.2, 0.25) is 0 Å². The van der Waals surface area contributed by atoms with Crippen LogP contribution in [-0.4, -0.2) is 34.2 Å². The van der Waals surface area contributed by atoms with Gasteiger partial charge in [0.2, 0.25) is 5.95 Å². The van der Waals surface area contributed by atoms with Crippen LogP contribution in [0.25, 0.3) is 11.0 Å². The highest BCUT2D eigenvalue weighted by atomic mass is 19.4. The summed E-state index contributed by atoms with van der Waals surface area (Å²) >= 11 is 0. The van der Waals surface area contributed by atoms with Crippen LogP contribution < -0.4 is 15.5 Å². The number of nitrogens with zero attached hydrogens (tertiary/aromatic N) is 2. The third-order valence-electron chi connectivity index (χ3n) is 8.31. The lowest BCUT2D eigenvalue weighted by Crippen LogP contribution is -2.41. The number of nitrogens with one attached hydrogen (secondary N) is 1. The molecule has 1 saturated heterocycles. The quantitative estimate of drug-likeness (QED) is 0.341. The summed E-state index contributed by atoms with van der Waals surface area (Å²) in [7, 11) is -0.504. The van der Waals surface area contributed by atoms with Gasteiger partial charge in [0.25, 0.3) is 0 Å². The molecule has 1 N–H and O–H groups in total. The highest BCUT2D eigenvalue weighted by Crippen LogP contribution is 2.46. The summed E-state index contributed by atoms with van der Waals surface area (Å²) < 4.78 is 56.7. The number of fused-ring (bicyclic) bond motifs is 1. The molecule has 2 atom stereocenters. The van der Waals surface area contributed by atoms with Crippen molar-refractivity contribution >= 4 is 35.3 Å². The maximum atomic E-state index is 12.6. The molecule has 2 aliphatic rings. The van der Waals surface area contributed by atoms with Crippen molar-refractivity contribution in [2.75, 3.05) is 5.32 Å². The van der Waals surface area contributed by atoms with E-state index in [4.69, 9.17) is 14.3 Å². The summed E-state index contributed by atoms with van der Waals surface area (Å²) in [5.74, 6) is 0.929. The first-order chi connectivity index (χ1) is 18.0. The third-order valence-corrected chi connectivity index (χ3v) is 8.31. The number of benzene rings is 2. The normalized spacial score (nSPS) is 24.2. The van der Waals surface area contributed by atoms with Gasteiger partial charge in [-0.3, -0.25) is 0 Å². The fourth-order valence-corrected chi connectivity index (χ4v) is 6.06. The van der Waals surface area contributed by atoms with Crippen LogP contribution in [-0.2, 0) is 9.31 Å². The molecule has 0 radical (unpaired) electrons. The monoisotopic (exact) mass is 543 g/mol. The zero-order valence-corrected chi connectivity index (χ0v) is 23.6. The number of halogens is 3. The number of hydrogen-bond acceptors (Lipinski definition) is 5. The highest BCUT2D eigenvalue weighted by Gasteiger charge is 2.51. The first-order valence-electron chi connectivity index (χ1n) is 13.5. The minimum absolute atomic E-state index is 0.176. The SMILES string of the molecule is CC1CC(n2c(Nc3ccc(OC(F)(F)F)cc3)nc3cc(B4OC(C)(C)C(C)(C)O4)ccc32)CC(C)(C)C1. The molecule has 0 amide bonds. The predicted octanol–water partition coefficient (Wildman–Crippen LogP) is 7.37. The highest BCUT2D eigenvalue weighted by molar-refractivity contribution is 6.62. The molecule has 1 aliphatic carbocycles. The van der Waals surface area contributed by atoms with Crippen molar-refractivity contribution in [3.05, 3.63) is 42.5 Å². The zero-order valence-electron chi connectivity index (χ0n) is 23.6. The molecular weight excluding hydrogens is 506 g/mol. The van der Waals surface area contributed by atoms with E-state index in [1.165, 1.54) is 12.1 Å². The second kappa shape index (κ2) is 9.44. The van der Waals surface area contributed by atoms with Crippen LogP contribution in [0.4, 0.5) is 24.8 Å². The van der Waals surface area contributed by atoms with E-state index in [1.54, 1.807) is 12.1 Å². The van der Waals surface area contributed by atoms with Gasteiger partial charge in [0.1, 0.15) is 5.75 Å². The summed E-state index contributed by atoms with van der Waals surface area (Å²) in [5, 5.41) is 3.36. The number of imidazole rings is 1. The van der Waals surface area contributed by atoms with Crippen LogP contribution in [0.5, 0.6) is 5.75 Å². The van der Waals surface area contributed by atoms with E-state index in [1.807, 2.05) is 39.8 Å². The molecule has 2 fully saturated rings. The molecule has 2 heterocycles. The number of rotatable bonds is 5. The Morgan fingerprint density at radius 3 is 2.21 bits per heavy atom. The van der Waals surface area contributed by atoms with Gasteiger partial charge in [-0.1, -0.05) is 26.8 Å². The van der Waals surface area contributed by atoms with Crippen LogP contribution >= 0.6 is 0 Å². The summed E-state index contributed by atoms with van der Waals surface area (Å²) in [6, 6.07) is 12.1. The van der Waals surface area contributed by atoms with Gasteiger partial charge in [0.15, 0.2) is 0 Å². The van der Waals surface area contributed by atoms with E-state index in [0.717, 1.165) is 35.8 Å². The lowest BCUT2D eigenvalue weighted by molar-refractivity contribution is -0.274. The maximum absolute atomic E-state index is 12.6. The summed E-state index contributed by atoms with van der Waals surface area (Å²) in [6.45, 7) is 15.0. The molecule has 6 nitrogen and oxygen atoms in total. The third kappa shape index (κ3) is 5.77. The van der Waals surface area contributed by atoms with E-state index >= 15 is 0 Å². The lowest BCUT2D eigenvalue weighted by Gasteiger charge is -2.40. The molecule has 10 heteroatoms. The number of aromatic nitrogens is 2. The second-order valence-corrected chi connectivity index (χ2v) is 12.9. The molecule has 39 heavy (non-hydrogen) atoms. The average Bonchev–Trinajstić information content (AvgIpc) is 3.24. The number of anilines is 2. The Labute approximate surface area is 228 Å².